The van der Waals surface area contributed by atoms with Crippen molar-refractivity contribution in [3.63, 3.8) is 0 Å². The molecule has 0 bridgehead atoms. The molecule has 1 aromatic heterocycles. The lowest BCUT2D eigenvalue weighted by Crippen LogP contribution is -2.17. The van der Waals surface area contributed by atoms with Gasteiger partial charge in [0.05, 0.1) is 25.6 Å². The summed E-state index contributed by atoms with van der Waals surface area (Å²) in [7, 11) is 0. The van der Waals surface area contributed by atoms with E-state index in [2.05, 4.69) is 0 Å². The number of furan rings is 1. The molecule has 2 rings (SSSR count). The van der Waals surface area contributed by atoms with Gasteiger partial charge in [-0.3, -0.25) is 14.9 Å². The highest BCUT2D eigenvalue weighted by atomic mass is 16.6. The first-order chi connectivity index (χ1) is 11.0. The van der Waals surface area contributed by atoms with Gasteiger partial charge in [0.1, 0.15) is 17.1 Å². The van der Waals surface area contributed by atoms with Crippen LogP contribution in [-0.2, 0) is 9.53 Å². The number of nitrogens with zero attached hydrogens (tertiary/aromatic N) is 1. The third-order valence-electron chi connectivity index (χ3n) is 3.31. The second kappa shape index (κ2) is 7.62. The molecule has 0 aliphatic heterocycles. The van der Waals surface area contributed by atoms with E-state index in [0.29, 0.717) is 23.7 Å². The first-order valence-corrected chi connectivity index (χ1v) is 7.47. The van der Waals surface area contributed by atoms with Crippen LogP contribution in [0, 0.1) is 10.1 Å². The predicted molar refractivity (Wildman–Crippen MR) is 83.2 cm³/mol. The summed E-state index contributed by atoms with van der Waals surface area (Å²) in [5.41, 5.74) is 0.598. The van der Waals surface area contributed by atoms with Crippen molar-refractivity contribution in [1.82, 2.24) is 0 Å². The normalized spacial score (nSPS) is 12.1. The van der Waals surface area contributed by atoms with Crippen LogP contribution in [0.3, 0.4) is 0 Å². The number of hydrogen-bond donors (Lipinski definition) is 0. The zero-order chi connectivity index (χ0) is 16.8. The number of hydrogen-bond acceptors (Lipinski definition) is 6. The lowest BCUT2D eigenvalue weighted by atomic mass is 10.0. The SMILES string of the molecule is CCOC(=O)CC(C[N+](=O)[O-])c1cc2cc(OCC)ccc2o1. The summed E-state index contributed by atoms with van der Waals surface area (Å²) in [4.78, 5) is 22.1. The van der Waals surface area contributed by atoms with Crippen LogP contribution in [0.15, 0.2) is 28.7 Å². The highest BCUT2D eigenvalue weighted by Crippen LogP contribution is 2.30. The lowest BCUT2D eigenvalue weighted by molar-refractivity contribution is -0.483. The van der Waals surface area contributed by atoms with Gasteiger partial charge < -0.3 is 13.9 Å². The van der Waals surface area contributed by atoms with Crippen molar-refractivity contribution in [2.75, 3.05) is 19.8 Å². The van der Waals surface area contributed by atoms with Crippen LogP contribution < -0.4 is 4.74 Å². The molecule has 1 atom stereocenters. The molecule has 0 spiro atoms. The maximum atomic E-state index is 11.7. The molecule has 0 radical (unpaired) electrons. The number of fused-ring (bicyclic) bond motifs is 1. The maximum absolute atomic E-state index is 11.7. The van der Waals surface area contributed by atoms with Gasteiger partial charge in [-0.25, -0.2) is 0 Å². The molecule has 1 heterocycles. The highest BCUT2D eigenvalue weighted by Gasteiger charge is 2.25. The molecule has 0 aliphatic rings. The molecule has 1 aromatic carbocycles. The van der Waals surface area contributed by atoms with Crippen molar-refractivity contribution in [3.05, 3.63) is 40.1 Å². The summed E-state index contributed by atoms with van der Waals surface area (Å²) >= 11 is 0. The van der Waals surface area contributed by atoms with Gasteiger partial charge in [0, 0.05) is 10.3 Å². The van der Waals surface area contributed by atoms with Crippen molar-refractivity contribution in [2.45, 2.75) is 26.2 Å². The fourth-order valence-corrected chi connectivity index (χ4v) is 2.36. The zero-order valence-corrected chi connectivity index (χ0v) is 13.1. The number of benzene rings is 1. The van der Waals surface area contributed by atoms with Crippen LogP contribution >= 0.6 is 0 Å². The van der Waals surface area contributed by atoms with E-state index in [1.54, 1.807) is 31.2 Å². The third kappa shape index (κ3) is 4.45. The topological polar surface area (TPSA) is 91.8 Å². The van der Waals surface area contributed by atoms with Crippen molar-refractivity contribution >= 4 is 16.9 Å². The second-order valence-electron chi connectivity index (χ2n) is 5.00. The minimum Gasteiger partial charge on any atom is -0.494 e. The van der Waals surface area contributed by atoms with Gasteiger partial charge in [0.25, 0.3) is 0 Å². The molecule has 0 aliphatic carbocycles. The van der Waals surface area contributed by atoms with Crippen LogP contribution in [-0.4, -0.2) is 30.7 Å². The zero-order valence-electron chi connectivity index (χ0n) is 13.1. The summed E-state index contributed by atoms with van der Waals surface area (Å²) in [6.07, 6.45) is -0.0903. The smallest absolute Gasteiger partial charge is 0.306 e. The molecule has 7 nitrogen and oxygen atoms in total. The molecule has 7 heteroatoms. The summed E-state index contributed by atoms with van der Waals surface area (Å²) in [6.45, 7) is 3.97. The molecule has 0 saturated carbocycles. The van der Waals surface area contributed by atoms with E-state index < -0.39 is 23.4 Å². The molecule has 2 aromatic rings. The Morgan fingerprint density at radius 2 is 2.09 bits per heavy atom. The quantitative estimate of drug-likeness (QED) is 0.421. The van der Waals surface area contributed by atoms with Gasteiger partial charge in [-0.1, -0.05) is 0 Å². The summed E-state index contributed by atoms with van der Waals surface area (Å²) in [5.74, 6) is -0.0382. The Kier molecular flexibility index (Phi) is 5.56. The lowest BCUT2D eigenvalue weighted by Gasteiger charge is -2.09. The van der Waals surface area contributed by atoms with Gasteiger partial charge in [-0.15, -0.1) is 0 Å². The first-order valence-electron chi connectivity index (χ1n) is 7.47. The van der Waals surface area contributed by atoms with Gasteiger partial charge >= 0.3 is 5.97 Å². The van der Waals surface area contributed by atoms with Gasteiger partial charge in [0.15, 0.2) is 0 Å². The second-order valence-corrected chi connectivity index (χ2v) is 5.00. The Morgan fingerprint density at radius 3 is 2.74 bits per heavy atom. The third-order valence-corrected chi connectivity index (χ3v) is 3.31. The van der Waals surface area contributed by atoms with Gasteiger partial charge in [-0.05, 0) is 38.1 Å². The molecular formula is C16H19NO6. The molecular weight excluding hydrogens is 302 g/mol. The minimum atomic E-state index is -0.660. The van der Waals surface area contributed by atoms with Gasteiger partial charge in [-0.2, -0.15) is 0 Å². The van der Waals surface area contributed by atoms with E-state index in [-0.39, 0.29) is 13.0 Å². The van der Waals surface area contributed by atoms with E-state index in [1.165, 1.54) is 0 Å². The van der Waals surface area contributed by atoms with E-state index in [4.69, 9.17) is 13.9 Å². The molecule has 124 valence electrons. The number of esters is 1. The molecule has 0 fully saturated rings. The van der Waals surface area contributed by atoms with E-state index in [9.17, 15) is 14.9 Å². The van der Waals surface area contributed by atoms with Crippen molar-refractivity contribution in [2.24, 2.45) is 0 Å². The molecule has 1 unspecified atom stereocenters. The number of carbonyl (C=O) groups excluding carboxylic acids is 1. The largest absolute Gasteiger partial charge is 0.494 e. The van der Waals surface area contributed by atoms with Crippen molar-refractivity contribution in [1.29, 1.82) is 0 Å². The average molecular weight is 321 g/mol. The van der Waals surface area contributed by atoms with Crippen LogP contribution in [0.1, 0.15) is 31.9 Å². The van der Waals surface area contributed by atoms with Crippen LogP contribution in [0.4, 0.5) is 0 Å². The van der Waals surface area contributed by atoms with Crippen molar-refractivity contribution < 1.29 is 23.6 Å². The number of rotatable bonds is 8. The fourth-order valence-electron chi connectivity index (χ4n) is 2.36. The Hall–Kier alpha value is -2.57. The van der Waals surface area contributed by atoms with E-state index in [0.717, 1.165) is 5.39 Å². The monoisotopic (exact) mass is 321 g/mol. The highest BCUT2D eigenvalue weighted by molar-refractivity contribution is 5.80. The Balaban J connectivity index is 2.27. The number of carbonyl (C=O) groups is 1. The van der Waals surface area contributed by atoms with Crippen molar-refractivity contribution in [3.8, 4) is 5.75 Å². The van der Waals surface area contributed by atoms with E-state index in [1.807, 2.05) is 6.92 Å². The molecule has 0 N–H and O–H groups in total. The Bertz CT molecular complexity index is 693. The van der Waals surface area contributed by atoms with Crippen LogP contribution in [0.25, 0.3) is 11.0 Å². The van der Waals surface area contributed by atoms with Gasteiger partial charge in [0.2, 0.25) is 6.54 Å². The fraction of sp³-hybridized carbons (Fsp3) is 0.438. The molecule has 0 amide bonds. The van der Waals surface area contributed by atoms with Crippen LogP contribution in [0.2, 0.25) is 0 Å². The standard InChI is InChI=1S/C16H19NO6/c1-3-21-13-5-6-14-11(7-13)8-15(23-14)12(10-17(19)20)9-16(18)22-4-2/h5-8,12H,3-4,9-10H2,1-2H3. The summed E-state index contributed by atoms with van der Waals surface area (Å²) in [6, 6.07) is 7.04. The maximum Gasteiger partial charge on any atom is 0.306 e. The summed E-state index contributed by atoms with van der Waals surface area (Å²) in [5, 5.41) is 11.6. The van der Waals surface area contributed by atoms with Crippen LogP contribution in [0.5, 0.6) is 5.75 Å². The molecule has 23 heavy (non-hydrogen) atoms. The number of nitro groups is 1. The van der Waals surface area contributed by atoms with E-state index >= 15 is 0 Å². The first kappa shape index (κ1) is 16.8. The Morgan fingerprint density at radius 1 is 1.30 bits per heavy atom. The summed E-state index contributed by atoms with van der Waals surface area (Å²) < 4.78 is 16.0. The predicted octanol–water partition coefficient (Wildman–Crippen LogP) is 3.15. The minimum absolute atomic E-state index is 0.0903. The average Bonchev–Trinajstić information content (AvgIpc) is 2.90. The Labute approximate surface area is 133 Å². The number of ether oxygens (including phenoxy) is 2. The molecule has 0 saturated heterocycles.